The molecule has 0 atom stereocenters. The molecule has 16 heavy (non-hydrogen) atoms. The minimum Gasteiger partial charge on any atom is -0.369 e. The third kappa shape index (κ3) is 3.44. The molecule has 1 aromatic rings. The lowest BCUT2D eigenvalue weighted by Gasteiger charge is -2.19. The van der Waals surface area contributed by atoms with Crippen molar-refractivity contribution >= 4 is 22.6 Å². The summed E-state index contributed by atoms with van der Waals surface area (Å²) in [5.41, 5.74) is 4.70. The number of hydrogen-bond acceptors (Lipinski definition) is 5. The van der Waals surface area contributed by atoms with Crippen LogP contribution in [0.4, 0.5) is 5.13 Å². The van der Waals surface area contributed by atoms with Crippen LogP contribution in [0.3, 0.4) is 0 Å². The zero-order chi connectivity index (χ0) is 12.2. The highest BCUT2D eigenvalue weighted by atomic mass is 32.1. The lowest BCUT2D eigenvalue weighted by atomic mass is 9.93. The van der Waals surface area contributed by atoms with Gasteiger partial charge in [-0.2, -0.15) is 4.37 Å². The van der Waals surface area contributed by atoms with E-state index >= 15 is 0 Å². The molecule has 3 N–H and O–H groups in total. The second-order valence-corrected chi connectivity index (χ2v) is 5.12. The van der Waals surface area contributed by atoms with E-state index in [1.807, 2.05) is 0 Å². The summed E-state index contributed by atoms with van der Waals surface area (Å²) in [6.07, 6.45) is 1.92. The van der Waals surface area contributed by atoms with Gasteiger partial charge in [0.05, 0.1) is 5.41 Å². The largest absolute Gasteiger partial charge is 0.369 e. The van der Waals surface area contributed by atoms with Gasteiger partial charge in [0.2, 0.25) is 11.0 Å². The molecule has 0 aromatic carbocycles. The fourth-order valence-electron chi connectivity index (χ4n) is 1.03. The minimum absolute atomic E-state index is 0.321. The fraction of sp³-hybridized carbons (Fsp3) is 0.700. The van der Waals surface area contributed by atoms with Crippen LogP contribution in [-0.2, 0) is 11.2 Å². The Balaban J connectivity index is 2.51. The molecule has 1 heterocycles. The van der Waals surface area contributed by atoms with Gasteiger partial charge in [0.25, 0.3) is 0 Å². The molecule has 0 fully saturated rings. The predicted octanol–water partition coefficient (Wildman–Crippen LogP) is 1.41. The molecule has 0 aliphatic carbocycles. The average Bonchev–Trinajstić information content (AvgIpc) is 2.63. The molecule has 0 bridgehead atoms. The van der Waals surface area contributed by atoms with Crippen LogP contribution >= 0.6 is 11.5 Å². The maximum Gasteiger partial charge on any atom is 0.224 e. The second kappa shape index (κ2) is 5.25. The summed E-state index contributed by atoms with van der Waals surface area (Å²) in [6.45, 7) is 6.17. The third-order valence-electron chi connectivity index (χ3n) is 2.29. The normalized spacial score (nSPS) is 11.4. The van der Waals surface area contributed by atoms with Gasteiger partial charge in [0.15, 0.2) is 0 Å². The first kappa shape index (κ1) is 12.9. The highest BCUT2D eigenvalue weighted by molar-refractivity contribution is 7.09. The van der Waals surface area contributed by atoms with E-state index in [-0.39, 0.29) is 5.91 Å². The maximum absolute atomic E-state index is 11.1. The molecule has 1 rings (SSSR count). The van der Waals surface area contributed by atoms with Gasteiger partial charge in [0.1, 0.15) is 5.82 Å². The molecule has 0 spiro atoms. The number of aryl methyl sites for hydroxylation is 1. The van der Waals surface area contributed by atoms with E-state index in [0.29, 0.717) is 6.54 Å². The van der Waals surface area contributed by atoms with Crippen molar-refractivity contribution in [1.29, 1.82) is 0 Å². The average molecular weight is 242 g/mol. The number of carbonyl (C=O) groups excluding carboxylic acids is 1. The number of amides is 1. The lowest BCUT2D eigenvalue weighted by molar-refractivity contribution is -0.125. The first-order valence-electron chi connectivity index (χ1n) is 5.32. The molecule has 6 heteroatoms. The zero-order valence-electron chi connectivity index (χ0n) is 9.91. The van der Waals surface area contributed by atoms with E-state index in [4.69, 9.17) is 5.73 Å². The van der Waals surface area contributed by atoms with Crippen molar-refractivity contribution in [2.24, 2.45) is 11.1 Å². The van der Waals surface area contributed by atoms with Crippen molar-refractivity contribution in [1.82, 2.24) is 9.36 Å². The van der Waals surface area contributed by atoms with E-state index in [2.05, 4.69) is 21.6 Å². The van der Waals surface area contributed by atoms with Crippen molar-refractivity contribution < 1.29 is 4.79 Å². The predicted molar refractivity (Wildman–Crippen MR) is 65.4 cm³/mol. The van der Waals surface area contributed by atoms with Gasteiger partial charge in [0, 0.05) is 24.5 Å². The first-order chi connectivity index (χ1) is 7.45. The molecule has 0 radical (unpaired) electrons. The standard InChI is InChI=1S/C10H18N4OS/c1-4-5-7-13-9(16-14-7)12-6-10(2,3)8(11)15/h4-6H2,1-3H3,(H2,11,15)(H,12,13,14). The van der Waals surface area contributed by atoms with Crippen molar-refractivity contribution in [2.75, 3.05) is 11.9 Å². The Morgan fingerprint density at radius 2 is 2.25 bits per heavy atom. The highest BCUT2D eigenvalue weighted by Crippen LogP contribution is 2.17. The summed E-state index contributed by atoms with van der Waals surface area (Å²) in [6, 6.07) is 0. The van der Waals surface area contributed by atoms with Gasteiger partial charge in [-0.25, -0.2) is 4.98 Å². The molecule has 1 amide bonds. The van der Waals surface area contributed by atoms with Crippen molar-refractivity contribution in [2.45, 2.75) is 33.6 Å². The number of nitrogens with two attached hydrogens (primary N) is 1. The Kier molecular flexibility index (Phi) is 4.23. The monoisotopic (exact) mass is 242 g/mol. The number of hydrogen-bond donors (Lipinski definition) is 2. The van der Waals surface area contributed by atoms with Gasteiger partial charge in [-0.15, -0.1) is 0 Å². The molecule has 1 aromatic heterocycles. The Hall–Kier alpha value is -1.17. The summed E-state index contributed by atoms with van der Waals surface area (Å²) >= 11 is 1.32. The number of anilines is 1. The number of primary amides is 1. The van der Waals surface area contributed by atoms with Crippen molar-refractivity contribution in [3.05, 3.63) is 5.82 Å². The van der Waals surface area contributed by atoms with Gasteiger partial charge in [-0.1, -0.05) is 6.92 Å². The number of nitrogens with zero attached hydrogens (tertiary/aromatic N) is 2. The second-order valence-electron chi connectivity index (χ2n) is 4.37. The highest BCUT2D eigenvalue weighted by Gasteiger charge is 2.24. The van der Waals surface area contributed by atoms with Crippen LogP contribution in [0.1, 0.15) is 33.0 Å². The summed E-state index contributed by atoms with van der Waals surface area (Å²) in [4.78, 5) is 15.4. The Labute approximate surface area is 99.6 Å². The van der Waals surface area contributed by atoms with Gasteiger partial charge < -0.3 is 11.1 Å². The summed E-state index contributed by atoms with van der Waals surface area (Å²) in [5, 5.41) is 3.84. The van der Waals surface area contributed by atoms with Gasteiger partial charge in [-0.3, -0.25) is 4.79 Å². The Morgan fingerprint density at radius 1 is 1.56 bits per heavy atom. The summed E-state index contributed by atoms with van der Waals surface area (Å²) in [5.74, 6) is 0.533. The minimum atomic E-state index is -0.573. The summed E-state index contributed by atoms with van der Waals surface area (Å²) in [7, 11) is 0. The van der Waals surface area contributed by atoms with Crippen molar-refractivity contribution in [3.8, 4) is 0 Å². The smallest absolute Gasteiger partial charge is 0.224 e. The maximum atomic E-state index is 11.1. The SMILES string of the molecule is CCCc1nsc(NCC(C)(C)C(N)=O)n1. The van der Waals surface area contributed by atoms with Gasteiger partial charge >= 0.3 is 0 Å². The number of aromatic nitrogens is 2. The van der Waals surface area contributed by atoms with Crippen LogP contribution in [0.15, 0.2) is 0 Å². The molecular weight excluding hydrogens is 224 g/mol. The molecule has 0 aliphatic heterocycles. The van der Waals surface area contributed by atoms with Crippen LogP contribution in [0.2, 0.25) is 0 Å². The quantitative estimate of drug-likeness (QED) is 0.790. The third-order valence-corrected chi connectivity index (χ3v) is 3.00. The number of rotatable bonds is 6. The van der Waals surface area contributed by atoms with Crippen LogP contribution in [0.25, 0.3) is 0 Å². The van der Waals surface area contributed by atoms with E-state index < -0.39 is 5.41 Å². The number of nitrogens with one attached hydrogen (secondary N) is 1. The zero-order valence-corrected chi connectivity index (χ0v) is 10.7. The summed E-state index contributed by atoms with van der Waals surface area (Å²) < 4.78 is 4.20. The molecule has 90 valence electrons. The molecule has 5 nitrogen and oxygen atoms in total. The van der Waals surface area contributed by atoms with Crippen LogP contribution < -0.4 is 11.1 Å². The molecule has 0 aliphatic rings. The molecule has 0 saturated carbocycles. The molecule has 0 unspecified atom stereocenters. The Morgan fingerprint density at radius 3 is 2.81 bits per heavy atom. The fourth-order valence-corrected chi connectivity index (χ4v) is 1.64. The Bertz CT molecular complexity index is 361. The molecule has 0 saturated heterocycles. The van der Waals surface area contributed by atoms with E-state index in [0.717, 1.165) is 23.8 Å². The van der Waals surface area contributed by atoms with Crippen molar-refractivity contribution in [3.63, 3.8) is 0 Å². The number of carbonyl (C=O) groups is 1. The van der Waals surface area contributed by atoms with E-state index in [9.17, 15) is 4.79 Å². The lowest BCUT2D eigenvalue weighted by Crippen LogP contribution is -2.37. The van der Waals surface area contributed by atoms with Crippen LogP contribution in [0, 0.1) is 5.41 Å². The van der Waals surface area contributed by atoms with E-state index in [1.54, 1.807) is 13.8 Å². The molecular formula is C10H18N4OS. The first-order valence-corrected chi connectivity index (χ1v) is 6.09. The van der Waals surface area contributed by atoms with E-state index in [1.165, 1.54) is 11.5 Å². The van der Waals surface area contributed by atoms with Gasteiger partial charge in [-0.05, 0) is 20.3 Å². The topological polar surface area (TPSA) is 80.9 Å². The van der Waals surface area contributed by atoms with Crippen LogP contribution in [0.5, 0.6) is 0 Å². The van der Waals surface area contributed by atoms with Crippen LogP contribution in [-0.4, -0.2) is 21.8 Å².